The number of anilines is 1. The van der Waals surface area contributed by atoms with Gasteiger partial charge in [-0.05, 0) is 24.5 Å². The maximum Gasteiger partial charge on any atom is 0.331 e. The molecule has 2 heterocycles. The van der Waals surface area contributed by atoms with Crippen LogP contribution in [0, 0.1) is 11.3 Å². The number of nitrogens with zero attached hydrogens (tertiary/aromatic N) is 4. The molecular formula is C22H22N4O3. The van der Waals surface area contributed by atoms with E-state index in [1.54, 1.807) is 0 Å². The standard InChI is InChI=1S/C22H22N4O3/c1-22(2)17-6-4-5-7-18(17)24(3)19(22)10-16(27)13-26-20(28)14(11-23)12-25(21(26)29)15-8-9-15/h4-7,10,12,15H,8-9,13H2,1-3H3/b19-10-. The SMILES string of the molecule is CN1/C(=C\C(=O)Cn2c(=O)c(C#N)cn(C3CC3)c2=O)C(C)(C)c2ccccc21. The van der Waals surface area contributed by atoms with Gasteiger partial charge in [0.15, 0.2) is 5.78 Å². The van der Waals surface area contributed by atoms with Gasteiger partial charge in [0.05, 0.1) is 6.54 Å². The molecule has 7 nitrogen and oxygen atoms in total. The average molecular weight is 390 g/mol. The predicted molar refractivity (Wildman–Crippen MR) is 109 cm³/mol. The molecule has 2 aromatic rings. The fourth-order valence-corrected chi connectivity index (χ4v) is 4.06. The van der Waals surface area contributed by atoms with Crippen LogP contribution in [0.15, 0.2) is 51.8 Å². The number of allylic oxidation sites excluding steroid dienone is 2. The molecule has 0 amide bonds. The highest BCUT2D eigenvalue weighted by atomic mass is 16.2. The van der Waals surface area contributed by atoms with E-state index in [0.717, 1.165) is 34.4 Å². The van der Waals surface area contributed by atoms with Crippen molar-refractivity contribution in [3.05, 3.63) is 74.2 Å². The van der Waals surface area contributed by atoms with E-state index in [-0.39, 0.29) is 29.3 Å². The van der Waals surface area contributed by atoms with Gasteiger partial charge in [-0.2, -0.15) is 5.26 Å². The van der Waals surface area contributed by atoms with Gasteiger partial charge in [-0.25, -0.2) is 4.79 Å². The highest BCUT2D eigenvalue weighted by Crippen LogP contribution is 2.46. The lowest BCUT2D eigenvalue weighted by Gasteiger charge is -2.24. The molecule has 0 bridgehead atoms. The molecule has 4 rings (SSSR count). The van der Waals surface area contributed by atoms with Gasteiger partial charge >= 0.3 is 5.69 Å². The molecule has 29 heavy (non-hydrogen) atoms. The summed E-state index contributed by atoms with van der Waals surface area (Å²) in [7, 11) is 1.90. The minimum atomic E-state index is -0.719. The first-order chi connectivity index (χ1) is 13.8. The van der Waals surface area contributed by atoms with E-state index in [4.69, 9.17) is 0 Å². The van der Waals surface area contributed by atoms with Crippen LogP contribution in [0.1, 0.15) is 43.9 Å². The van der Waals surface area contributed by atoms with Gasteiger partial charge in [-0.15, -0.1) is 0 Å². The molecule has 2 aliphatic rings. The molecule has 1 aliphatic heterocycles. The quantitative estimate of drug-likeness (QED) is 0.746. The summed E-state index contributed by atoms with van der Waals surface area (Å²) < 4.78 is 2.28. The molecule has 0 spiro atoms. The van der Waals surface area contributed by atoms with Crippen LogP contribution in [0.4, 0.5) is 5.69 Å². The number of ketones is 1. The van der Waals surface area contributed by atoms with Crippen LogP contribution >= 0.6 is 0 Å². The van der Waals surface area contributed by atoms with E-state index < -0.39 is 11.2 Å². The number of carbonyl (C=O) groups is 1. The number of aromatic nitrogens is 2. The van der Waals surface area contributed by atoms with Crippen molar-refractivity contribution in [2.24, 2.45) is 0 Å². The summed E-state index contributed by atoms with van der Waals surface area (Å²) in [5.74, 6) is -0.357. The maximum atomic E-state index is 12.9. The Labute approximate surface area is 168 Å². The summed E-state index contributed by atoms with van der Waals surface area (Å²) in [6, 6.07) is 9.78. The Morgan fingerprint density at radius 3 is 2.59 bits per heavy atom. The van der Waals surface area contributed by atoms with Gasteiger partial charge in [-0.3, -0.25) is 18.7 Å². The molecular weight excluding hydrogens is 368 g/mol. The molecule has 0 unspecified atom stereocenters. The van der Waals surface area contributed by atoms with E-state index in [9.17, 15) is 19.6 Å². The van der Waals surface area contributed by atoms with E-state index in [0.29, 0.717) is 0 Å². The Morgan fingerprint density at radius 2 is 1.97 bits per heavy atom. The average Bonchev–Trinajstić information content (AvgIpc) is 3.51. The summed E-state index contributed by atoms with van der Waals surface area (Å²) in [6.45, 7) is 3.69. The summed E-state index contributed by atoms with van der Waals surface area (Å²) in [6.07, 6.45) is 4.48. The molecule has 0 saturated heterocycles. The molecule has 1 aliphatic carbocycles. The number of para-hydroxylation sites is 1. The molecule has 0 radical (unpaired) electrons. The summed E-state index contributed by atoms with van der Waals surface area (Å²) >= 11 is 0. The van der Waals surface area contributed by atoms with Crippen LogP contribution in [0.5, 0.6) is 0 Å². The molecule has 7 heteroatoms. The van der Waals surface area contributed by atoms with Gasteiger partial charge in [0, 0.05) is 42.2 Å². The Kier molecular flexibility index (Phi) is 4.30. The van der Waals surface area contributed by atoms with Crippen LogP contribution in [0.2, 0.25) is 0 Å². The van der Waals surface area contributed by atoms with Crippen LogP contribution in [-0.4, -0.2) is 22.0 Å². The van der Waals surface area contributed by atoms with Gasteiger partial charge in [0.25, 0.3) is 5.56 Å². The highest BCUT2D eigenvalue weighted by Gasteiger charge is 2.38. The van der Waals surface area contributed by atoms with Gasteiger partial charge in [0.2, 0.25) is 0 Å². The Hall–Kier alpha value is -3.40. The fourth-order valence-electron chi connectivity index (χ4n) is 4.06. The van der Waals surface area contributed by atoms with Crippen molar-refractivity contribution in [2.75, 3.05) is 11.9 Å². The summed E-state index contributed by atoms with van der Waals surface area (Å²) in [5, 5.41) is 9.25. The second-order valence-electron chi connectivity index (χ2n) is 8.16. The number of likely N-dealkylation sites (N-methyl/N-ethyl adjacent to an activating group) is 1. The normalized spacial score (nSPS) is 18.6. The lowest BCUT2D eigenvalue weighted by molar-refractivity contribution is -0.115. The highest BCUT2D eigenvalue weighted by molar-refractivity contribution is 5.92. The third-order valence-electron chi connectivity index (χ3n) is 5.81. The largest absolute Gasteiger partial charge is 0.347 e. The predicted octanol–water partition coefficient (Wildman–Crippen LogP) is 2.10. The lowest BCUT2D eigenvalue weighted by Crippen LogP contribution is -2.42. The third-order valence-corrected chi connectivity index (χ3v) is 5.81. The minimum absolute atomic E-state index is 0.00399. The van der Waals surface area contributed by atoms with Crippen molar-refractivity contribution in [3.8, 4) is 6.07 Å². The number of hydrogen-bond donors (Lipinski definition) is 0. The van der Waals surface area contributed by atoms with Gasteiger partial charge in [0.1, 0.15) is 11.6 Å². The number of hydrogen-bond acceptors (Lipinski definition) is 5. The third kappa shape index (κ3) is 3.01. The van der Waals surface area contributed by atoms with Crippen molar-refractivity contribution in [1.29, 1.82) is 5.26 Å². The number of fused-ring (bicyclic) bond motifs is 1. The van der Waals surface area contributed by atoms with Crippen molar-refractivity contribution in [2.45, 2.75) is 44.7 Å². The molecule has 1 aromatic heterocycles. The molecule has 1 aromatic carbocycles. The van der Waals surface area contributed by atoms with E-state index in [1.165, 1.54) is 16.8 Å². The van der Waals surface area contributed by atoms with E-state index in [2.05, 4.69) is 0 Å². The van der Waals surface area contributed by atoms with Crippen LogP contribution in [0.25, 0.3) is 0 Å². The number of carbonyl (C=O) groups excluding carboxylic acids is 1. The Morgan fingerprint density at radius 1 is 1.28 bits per heavy atom. The number of benzene rings is 1. The van der Waals surface area contributed by atoms with Crippen LogP contribution in [-0.2, 0) is 16.8 Å². The van der Waals surface area contributed by atoms with Gasteiger partial charge in [-0.1, -0.05) is 32.0 Å². The number of nitriles is 1. The zero-order valence-electron chi connectivity index (χ0n) is 16.7. The molecule has 1 fully saturated rings. The van der Waals surface area contributed by atoms with Crippen molar-refractivity contribution in [1.82, 2.24) is 9.13 Å². The molecule has 148 valence electrons. The van der Waals surface area contributed by atoms with Crippen molar-refractivity contribution in [3.63, 3.8) is 0 Å². The number of rotatable bonds is 4. The molecule has 0 atom stereocenters. The second-order valence-corrected chi connectivity index (χ2v) is 8.16. The van der Waals surface area contributed by atoms with E-state index >= 15 is 0 Å². The summed E-state index contributed by atoms with van der Waals surface area (Å²) in [4.78, 5) is 40.0. The second kappa shape index (κ2) is 6.59. The zero-order valence-corrected chi connectivity index (χ0v) is 16.7. The molecule has 1 saturated carbocycles. The monoisotopic (exact) mass is 390 g/mol. The van der Waals surface area contributed by atoms with Crippen LogP contribution in [0.3, 0.4) is 0 Å². The van der Waals surface area contributed by atoms with Crippen molar-refractivity contribution >= 4 is 11.5 Å². The maximum absolute atomic E-state index is 12.9. The van der Waals surface area contributed by atoms with E-state index in [1.807, 2.05) is 56.1 Å². The Balaban J connectivity index is 1.72. The topological polar surface area (TPSA) is 88.1 Å². The zero-order chi connectivity index (χ0) is 20.9. The van der Waals surface area contributed by atoms with Crippen LogP contribution < -0.4 is 16.1 Å². The van der Waals surface area contributed by atoms with Crippen molar-refractivity contribution < 1.29 is 4.79 Å². The first-order valence-electron chi connectivity index (χ1n) is 9.60. The minimum Gasteiger partial charge on any atom is -0.347 e. The fraction of sp³-hybridized carbons (Fsp3) is 0.364. The smallest absolute Gasteiger partial charge is 0.331 e. The first-order valence-corrected chi connectivity index (χ1v) is 9.60. The summed E-state index contributed by atoms with van der Waals surface area (Å²) in [5.41, 5.74) is 1.18. The molecule has 0 N–H and O–H groups in total. The first kappa shape index (κ1) is 18.9. The lowest BCUT2D eigenvalue weighted by atomic mass is 9.83. The van der Waals surface area contributed by atoms with Gasteiger partial charge < -0.3 is 4.90 Å². The Bertz CT molecular complexity index is 1210.